The fraction of sp³-hybridized carbons (Fsp3) is 0.333. The predicted octanol–water partition coefficient (Wildman–Crippen LogP) is 7.36. The first-order valence-corrected chi connectivity index (χ1v) is 12.1. The van der Waals surface area contributed by atoms with Crippen molar-refractivity contribution in [3.05, 3.63) is 89.2 Å². The Kier molecular flexibility index (Phi) is 6.87. The maximum atomic E-state index is 12.8. The lowest BCUT2D eigenvalue weighted by atomic mass is 9.98. The quantitative estimate of drug-likeness (QED) is 0.274. The highest BCUT2D eigenvalue weighted by Gasteiger charge is 2.20. The van der Waals surface area contributed by atoms with Gasteiger partial charge in [0.15, 0.2) is 0 Å². The molecule has 0 bridgehead atoms. The van der Waals surface area contributed by atoms with Crippen LogP contribution in [-0.4, -0.2) is 21.1 Å². The third-order valence-electron chi connectivity index (χ3n) is 5.89. The van der Waals surface area contributed by atoms with Crippen molar-refractivity contribution in [1.82, 2.24) is 9.55 Å². The van der Waals surface area contributed by atoms with Gasteiger partial charge in [-0.3, -0.25) is 0 Å². The lowest BCUT2D eigenvalue weighted by Crippen LogP contribution is -2.24. The highest BCUT2D eigenvalue weighted by atomic mass is 16.6. The van der Waals surface area contributed by atoms with E-state index in [1.165, 1.54) is 16.6 Å². The van der Waals surface area contributed by atoms with Crippen LogP contribution in [0, 0.1) is 6.92 Å². The number of ether oxygens (including phenoxy) is 1. The first-order valence-electron chi connectivity index (χ1n) is 12.1. The minimum absolute atomic E-state index is 0.298. The first-order chi connectivity index (χ1) is 16.2. The molecule has 4 rings (SSSR count). The average molecular weight is 455 g/mol. The van der Waals surface area contributed by atoms with Crippen molar-refractivity contribution in [3.8, 4) is 11.1 Å². The van der Waals surface area contributed by atoms with Crippen LogP contribution >= 0.6 is 0 Å². The molecule has 176 valence electrons. The van der Waals surface area contributed by atoms with E-state index >= 15 is 0 Å². The molecule has 0 atom stereocenters. The number of hydrogen-bond acceptors (Lipinski definition) is 3. The van der Waals surface area contributed by atoms with Crippen molar-refractivity contribution in [1.29, 1.82) is 0 Å². The van der Waals surface area contributed by atoms with Crippen molar-refractivity contribution in [2.45, 2.75) is 66.0 Å². The zero-order chi connectivity index (χ0) is 24.3. The van der Waals surface area contributed by atoms with Gasteiger partial charge in [-0.1, -0.05) is 61.9 Å². The van der Waals surface area contributed by atoms with Crippen molar-refractivity contribution >= 4 is 17.0 Å². The van der Waals surface area contributed by atoms with Crippen molar-refractivity contribution in [2.75, 3.05) is 0 Å². The summed E-state index contributed by atoms with van der Waals surface area (Å²) in [5.74, 6) is 0.842. The molecule has 3 aromatic carbocycles. The summed E-state index contributed by atoms with van der Waals surface area (Å²) in [5.41, 5.74) is 6.63. The first kappa shape index (κ1) is 23.7. The zero-order valence-corrected chi connectivity index (χ0v) is 20.9. The Morgan fingerprint density at radius 3 is 2.44 bits per heavy atom. The van der Waals surface area contributed by atoms with Gasteiger partial charge in [0.05, 0.1) is 16.6 Å². The molecule has 0 aliphatic carbocycles. The number of imidazole rings is 1. The molecule has 0 spiro atoms. The summed E-state index contributed by atoms with van der Waals surface area (Å²) in [6.45, 7) is 10.8. The Morgan fingerprint density at radius 2 is 1.74 bits per heavy atom. The van der Waals surface area contributed by atoms with E-state index in [1.54, 1.807) is 0 Å². The molecule has 0 unspecified atom stereocenters. The number of hydrogen-bond donors (Lipinski definition) is 0. The molecule has 0 radical (unpaired) electrons. The van der Waals surface area contributed by atoms with E-state index in [2.05, 4.69) is 60.9 Å². The average Bonchev–Trinajstić information content (AvgIpc) is 3.13. The SMILES string of the molecule is CCCCc1nc2ccc(C)cc2n1Cc1ccc(-c2ccccc2C(=O)OC(C)(C)C)cc1. The molecule has 1 heterocycles. The van der Waals surface area contributed by atoms with Crippen LogP contribution in [0.1, 0.15) is 67.8 Å². The predicted molar refractivity (Wildman–Crippen MR) is 139 cm³/mol. The van der Waals surface area contributed by atoms with Gasteiger partial charge < -0.3 is 9.30 Å². The number of esters is 1. The molecule has 34 heavy (non-hydrogen) atoms. The molecule has 0 aliphatic heterocycles. The van der Waals surface area contributed by atoms with E-state index in [0.29, 0.717) is 5.56 Å². The summed E-state index contributed by atoms with van der Waals surface area (Å²) in [7, 11) is 0. The smallest absolute Gasteiger partial charge is 0.339 e. The summed E-state index contributed by atoms with van der Waals surface area (Å²) in [5, 5.41) is 0. The number of benzene rings is 3. The topological polar surface area (TPSA) is 44.1 Å². The lowest BCUT2D eigenvalue weighted by molar-refractivity contribution is 0.00704. The second kappa shape index (κ2) is 9.84. The van der Waals surface area contributed by atoms with E-state index in [4.69, 9.17) is 9.72 Å². The Morgan fingerprint density at radius 1 is 1.00 bits per heavy atom. The molecule has 0 saturated heterocycles. The van der Waals surface area contributed by atoms with Gasteiger partial charge in [-0.25, -0.2) is 9.78 Å². The Hall–Kier alpha value is -3.40. The van der Waals surface area contributed by atoms with Crippen LogP contribution < -0.4 is 0 Å². The molecule has 4 aromatic rings. The number of aromatic nitrogens is 2. The van der Waals surface area contributed by atoms with Gasteiger partial charge in [0.1, 0.15) is 11.4 Å². The number of unbranched alkanes of at least 4 members (excludes halogenated alkanes) is 1. The summed E-state index contributed by atoms with van der Waals surface area (Å²) in [6.07, 6.45) is 3.25. The second-order valence-electron chi connectivity index (χ2n) is 9.95. The van der Waals surface area contributed by atoms with Gasteiger partial charge in [-0.05, 0) is 74.6 Å². The third kappa shape index (κ3) is 5.39. The Labute approximate surface area is 202 Å². The Balaban J connectivity index is 1.64. The molecule has 0 saturated carbocycles. The number of nitrogens with zero attached hydrogens (tertiary/aromatic N) is 2. The highest BCUT2D eigenvalue weighted by Crippen LogP contribution is 2.27. The summed E-state index contributed by atoms with van der Waals surface area (Å²) in [6, 6.07) is 22.6. The summed E-state index contributed by atoms with van der Waals surface area (Å²) >= 11 is 0. The number of carbonyl (C=O) groups is 1. The minimum atomic E-state index is -0.532. The van der Waals surface area contributed by atoms with Gasteiger partial charge in [-0.15, -0.1) is 0 Å². The van der Waals surface area contributed by atoms with Crippen molar-refractivity contribution in [3.63, 3.8) is 0 Å². The van der Waals surface area contributed by atoms with Crippen LogP contribution in [0.3, 0.4) is 0 Å². The molecule has 0 fully saturated rings. The van der Waals surface area contributed by atoms with Crippen molar-refractivity contribution in [2.24, 2.45) is 0 Å². The number of fused-ring (bicyclic) bond motifs is 1. The Bertz CT molecular complexity index is 1290. The van der Waals surface area contributed by atoms with Crippen LogP contribution in [0.25, 0.3) is 22.2 Å². The largest absolute Gasteiger partial charge is 0.456 e. The molecule has 0 N–H and O–H groups in total. The normalized spacial score (nSPS) is 11.7. The van der Waals surface area contributed by atoms with Gasteiger partial charge in [-0.2, -0.15) is 0 Å². The maximum Gasteiger partial charge on any atom is 0.339 e. The number of carbonyl (C=O) groups excluding carboxylic acids is 1. The maximum absolute atomic E-state index is 12.8. The fourth-order valence-electron chi connectivity index (χ4n) is 4.20. The van der Waals surface area contributed by atoms with E-state index < -0.39 is 5.60 Å². The molecule has 0 amide bonds. The highest BCUT2D eigenvalue weighted by molar-refractivity contribution is 5.97. The van der Waals surface area contributed by atoms with Gasteiger partial charge >= 0.3 is 5.97 Å². The van der Waals surface area contributed by atoms with E-state index in [9.17, 15) is 4.79 Å². The summed E-state index contributed by atoms with van der Waals surface area (Å²) < 4.78 is 7.98. The molecule has 4 nitrogen and oxygen atoms in total. The van der Waals surface area contributed by atoms with Gasteiger partial charge in [0, 0.05) is 13.0 Å². The van der Waals surface area contributed by atoms with Crippen LogP contribution in [0.5, 0.6) is 0 Å². The van der Waals surface area contributed by atoms with E-state index in [-0.39, 0.29) is 5.97 Å². The monoisotopic (exact) mass is 454 g/mol. The van der Waals surface area contributed by atoms with Gasteiger partial charge in [0.2, 0.25) is 0 Å². The minimum Gasteiger partial charge on any atom is -0.456 e. The molecular formula is C30H34N2O2. The number of rotatable bonds is 7. The molecule has 0 aliphatic rings. The van der Waals surface area contributed by atoms with Gasteiger partial charge in [0.25, 0.3) is 0 Å². The summed E-state index contributed by atoms with van der Waals surface area (Å²) in [4.78, 5) is 17.7. The van der Waals surface area contributed by atoms with E-state index in [0.717, 1.165) is 48.3 Å². The third-order valence-corrected chi connectivity index (χ3v) is 5.89. The standard InChI is InChI=1S/C30H34N2O2/c1-6-7-12-28-31-26-18-13-21(2)19-27(26)32(28)20-22-14-16-23(17-15-22)24-10-8-9-11-25(24)29(33)34-30(3,4)5/h8-11,13-19H,6-7,12,20H2,1-5H3. The van der Waals surface area contributed by atoms with Crippen LogP contribution in [0.4, 0.5) is 0 Å². The molecular weight excluding hydrogens is 420 g/mol. The van der Waals surface area contributed by atoms with E-state index in [1.807, 2.05) is 45.0 Å². The van der Waals surface area contributed by atoms with Crippen molar-refractivity contribution < 1.29 is 9.53 Å². The number of aryl methyl sites for hydroxylation is 2. The molecule has 4 heteroatoms. The van der Waals surface area contributed by atoms with Crippen LogP contribution in [0.15, 0.2) is 66.7 Å². The zero-order valence-electron chi connectivity index (χ0n) is 20.9. The second-order valence-corrected chi connectivity index (χ2v) is 9.95. The fourth-order valence-corrected chi connectivity index (χ4v) is 4.20. The van der Waals surface area contributed by atoms with Crippen LogP contribution in [0.2, 0.25) is 0 Å². The molecule has 1 aromatic heterocycles. The lowest BCUT2D eigenvalue weighted by Gasteiger charge is -2.20. The van der Waals surface area contributed by atoms with Crippen LogP contribution in [-0.2, 0) is 17.7 Å².